The number of halogens is 2. The summed E-state index contributed by atoms with van der Waals surface area (Å²) >= 11 is 6.01. The Morgan fingerprint density at radius 1 is 1.15 bits per heavy atom. The van der Waals surface area contributed by atoms with Crippen molar-refractivity contribution in [3.05, 3.63) is 46.7 Å². The second-order valence-electron chi connectivity index (χ2n) is 6.39. The Kier molecular flexibility index (Phi) is 5.56. The molecule has 0 bridgehead atoms. The molecule has 0 saturated carbocycles. The first kappa shape index (κ1) is 18.4. The molecule has 1 aliphatic heterocycles. The summed E-state index contributed by atoms with van der Waals surface area (Å²) in [7, 11) is 3.83. The van der Waals surface area contributed by atoms with Gasteiger partial charge in [-0.2, -0.15) is 0 Å². The Morgan fingerprint density at radius 2 is 1.88 bits per heavy atom. The predicted octanol–water partition coefficient (Wildman–Crippen LogP) is 2.23. The topological polar surface area (TPSA) is 52.6 Å². The highest BCUT2D eigenvalue weighted by Gasteiger charge is 2.23. The fourth-order valence-corrected chi connectivity index (χ4v) is 3.10. The number of aromatic nitrogens is 2. The van der Waals surface area contributed by atoms with Crippen LogP contribution in [0.3, 0.4) is 0 Å². The largest absolute Gasteiger partial charge is 0.361 e. The van der Waals surface area contributed by atoms with Crippen LogP contribution in [0, 0.1) is 5.82 Å². The van der Waals surface area contributed by atoms with Crippen LogP contribution in [-0.4, -0.2) is 61.3 Å². The molecule has 0 unspecified atom stereocenters. The van der Waals surface area contributed by atoms with Gasteiger partial charge in [-0.15, -0.1) is 10.2 Å². The Labute approximate surface area is 157 Å². The van der Waals surface area contributed by atoms with E-state index in [4.69, 9.17) is 11.6 Å². The molecule has 1 amide bonds. The quantitative estimate of drug-likeness (QED) is 0.817. The van der Waals surface area contributed by atoms with Crippen molar-refractivity contribution in [3.8, 4) is 0 Å². The zero-order chi connectivity index (χ0) is 18.7. The molecule has 3 rings (SSSR count). The molecule has 2 heterocycles. The van der Waals surface area contributed by atoms with Crippen molar-refractivity contribution >= 4 is 29.1 Å². The Bertz CT molecular complexity index is 755. The van der Waals surface area contributed by atoms with Gasteiger partial charge in [0.05, 0.1) is 6.42 Å². The van der Waals surface area contributed by atoms with Crippen molar-refractivity contribution in [1.82, 2.24) is 15.1 Å². The molecule has 0 aliphatic carbocycles. The molecule has 0 atom stereocenters. The first-order chi connectivity index (χ1) is 12.5. The van der Waals surface area contributed by atoms with Crippen molar-refractivity contribution in [2.75, 3.05) is 50.1 Å². The summed E-state index contributed by atoms with van der Waals surface area (Å²) in [4.78, 5) is 18.2. The number of carbonyl (C=O) groups excluding carboxylic acids is 1. The second-order valence-corrected chi connectivity index (χ2v) is 6.80. The number of rotatable bonds is 4. The average Bonchev–Trinajstić information content (AvgIpc) is 2.65. The number of piperazine rings is 1. The summed E-state index contributed by atoms with van der Waals surface area (Å²) in [6.07, 6.45) is -0.0250. The van der Waals surface area contributed by atoms with Gasteiger partial charge in [0, 0.05) is 50.9 Å². The van der Waals surface area contributed by atoms with Crippen LogP contribution < -0.4 is 9.80 Å². The van der Waals surface area contributed by atoms with E-state index in [1.54, 1.807) is 11.0 Å². The minimum Gasteiger partial charge on any atom is -0.361 e. The van der Waals surface area contributed by atoms with Gasteiger partial charge in [0.25, 0.3) is 0 Å². The van der Waals surface area contributed by atoms with Crippen molar-refractivity contribution in [2.24, 2.45) is 0 Å². The number of hydrogen-bond donors (Lipinski definition) is 0. The number of amides is 1. The van der Waals surface area contributed by atoms with Gasteiger partial charge in [-0.1, -0.05) is 17.7 Å². The van der Waals surface area contributed by atoms with Gasteiger partial charge in [-0.3, -0.25) is 4.79 Å². The van der Waals surface area contributed by atoms with E-state index in [9.17, 15) is 9.18 Å². The molecule has 0 N–H and O–H groups in total. The highest BCUT2D eigenvalue weighted by Crippen LogP contribution is 2.21. The van der Waals surface area contributed by atoms with E-state index in [1.165, 1.54) is 12.1 Å². The molecule has 1 fully saturated rings. The lowest BCUT2D eigenvalue weighted by molar-refractivity contribution is -0.130. The maximum Gasteiger partial charge on any atom is 0.227 e. The van der Waals surface area contributed by atoms with Gasteiger partial charge >= 0.3 is 0 Å². The van der Waals surface area contributed by atoms with Gasteiger partial charge in [0.2, 0.25) is 5.91 Å². The number of nitrogens with zero attached hydrogens (tertiary/aromatic N) is 5. The van der Waals surface area contributed by atoms with E-state index in [1.807, 2.05) is 31.1 Å². The van der Waals surface area contributed by atoms with Crippen LogP contribution in [0.4, 0.5) is 16.0 Å². The second kappa shape index (κ2) is 7.86. The van der Waals surface area contributed by atoms with Crippen molar-refractivity contribution in [3.63, 3.8) is 0 Å². The lowest BCUT2D eigenvalue weighted by atomic mass is 10.1. The summed E-state index contributed by atoms with van der Waals surface area (Å²) in [5, 5.41) is 8.71. The summed E-state index contributed by atoms with van der Waals surface area (Å²) in [6, 6.07) is 8.30. The molecule has 26 heavy (non-hydrogen) atoms. The maximum atomic E-state index is 13.9. The third kappa shape index (κ3) is 4.04. The van der Waals surface area contributed by atoms with E-state index >= 15 is 0 Å². The SMILES string of the molecule is CN(C)c1ccc(N2CCN(C(=O)Cc3c(F)cccc3Cl)CC2)nn1. The molecule has 6 nitrogen and oxygen atoms in total. The number of carbonyl (C=O) groups is 1. The first-order valence-corrected chi connectivity index (χ1v) is 8.80. The van der Waals surface area contributed by atoms with E-state index in [-0.39, 0.29) is 22.9 Å². The molecular formula is C18H21ClFN5O. The lowest BCUT2D eigenvalue weighted by Gasteiger charge is -2.35. The van der Waals surface area contributed by atoms with Gasteiger partial charge in [0.1, 0.15) is 5.82 Å². The third-order valence-electron chi connectivity index (χ3n) is 4.44. The molecular weight excluding hydrogens is 357 g/mol. The van der Waals surface area contributed by atoms with Crippen LogP contribution in [-0.2, 0) is 11.2 Å². The smallest absolute Gasteiger partial charge is 0.227 e. The molecule has 8 heteroatoms. The average molecular weight is 378 g/mol. The summed E-state index contributed by atoms with van der Waals surface area (Å²) in [5.41, 5.74) is 0.256. The van der Waals surface area contributed by atoms with E-state index in [0.29, 0.717) is 26.2 Å². The van der Waals surface area contributed by atoms with Gasteiger partial charge < -0.3 is 14.7 Å². The molecule has 0 spiro atoms. The van der Waals surface area contributed by atoms with Crippen LogP contribution in [0.5, 0.6) is 0 Å². The monoisotopic (exact) mass is 377 g/mol. The fraction of sp³-hybridized carbons (Fsp3) is 0.389. The highest BCUT2D eigenvalue weighted by atomic mass is 35.5. The maximum absolute atomic E-state index is 13.9. The lowest BCUT2D eigenvalue weighted by Crippen LogP contribution is -2.49. The number of anilines is 2. The zero-order valence-corrected chi connectivity index (χ0v) is 15.6. The van der Waals surface area contributed by atoms with Crippen molar-refractivity contribution in [1.29, 1.82) is 0 Å². The van der Waals surface area contributed by atoms with Crippen molar-refractivity contribution in [2.45, 2.75) is 6.42 Å². The molecule has 1 aromatic carbocycles. The molecule has 1 aromatic heterocycles. The summed E-state index contributed by atoms with van der Waals surface area (Å²) in [6.45, 7) is 2.43. The Balaban J connectivity index is 1.58. The van der Waals surface area contributed by atoms with Crippen LogP contribution in [0.15, 0.2) is 30.3 Å². The normalized spacial score (nSPS) is 14.5. The third-order valence-corrected chi connectivity index (χ3v) is 4.79. The fourth-order valence-electron chi connectivity index (χ4n) is 2.87. The van der Waals surface area contributed by atoms with Crippen LogP contribution in [0.2, 0.25) is 5.02 Å². The molecule has 1 saturated heterocycles. The predicted molar refractivity (Wildman–Crippen MR) is 100 cm³/mol. The Morgan fingerprint density at radius 3 is 2.46 bits per heavy atom. The van der Waals surface area contributed by atoms with Crippen molar-refractivity contribution < 1.29 is 9.18 Å². The standard InChI is InChI=1S/C18H21ClFN5O/c1-23(2)16-6-7-17(22-21-16)24-8-10-25(11-9-24)18(26)12-13-14(19)4-3-5-15(13)20/h3-7H,8-12H2,1-2H3. The number of benzene rings is 1. The van der Waals surface area contributed by atoms with Gasteiger partial charge in [0.15, 0.2) is 11.6 Å². The van der Waals surface area contributed by atoms with Crippen LogP contribution in [0.1, 0.15) is 5.56 Å². The van der Waals surface area contributed by atoms with Gasteiger partial charge in [-0.05, 0) is 24.3 Å². The van der Waals surface area contributed by atoms with E-state index in [2.05, 4.69) is 15.1 Å². The minimum absolute atomic E-state index is 0.0250. The highest BCUT2D eigenvalue weighted by molar-refractivity contribution is 6.31. The molecule has 1 aliphatic rings. The minimum atomic E-state index is -0.444. The first-order valence-electron chi connectivity index (χ1n) is 8.42. The van der Waals surface area contributed by atoms with Crippen LogP contribution >= 0.6 is 11.6 Å². The molecule has 0 radical (unpaired) electrons. The Hall–Kier alpha value is -2.41. The summed E-state index contributed by atoms with van der Waals surface area (Å²) in [5.74, 6) is 1.02. The summed E-state index contributed by atoms with van der Waals surface area (Å²) < 4.78 is 13.9. The van der Waals surface area contributed by atoms with Gasteiger partial charge in [-0.25, -0.2) is 4.39 Å². The van der Waals surface area contributed by atoms with Crippen LogP contribution in [0.25, 0.3) is 0 Å². The molecule has 138 valence electrons. The number of hydrogen-bond acceptors (Lipinski definition) is 5. The zero-order valence-electron chi connectivity index (χ0n) is 14.8. The molecule has 2 aromatic rings. The van der Waals surface area contributed by atoms with E-state index in [0.717, 1.165) is 11.6 Å². The van der Waals surface area contributed by atoms with E-state index < -0.39 is 5.82 Å².